The fraction of sp³-hybridized carbons (Fsp3) is 1.00. The van der Waals surface area contributed by atoms with Crippen LogP contribution in [-0.4, -0.2) is 29.8 Å². The molecule has 0 spiro atoms. The highest BCUT2D eigenvalue weighted by molar-refractivity contribution is 4.53. The first-order valence-corrected chi connectivity index (χ1v) is 3.20. The summed E-state index contributed by atoms with van der Waals surface area (Å²) in [4.78, 5) is 0. The summed E-state index contributed by atoms with van der Waals surface area (Å²) in [7, 11) is 0. The molecule has 0 bridgehead atoms. The predicted octanol–water partition coefficient (Wildman–Crippen LogP) is -0.458. The maximum atomic E-state index is 8.93. The molecule has 0 aromatic heterocycles. The summed E-state index contributed by atoms with van der Waals surface area (Å²) in [6.07, 6.45) is 0.683. The van der Waals surface area contributed by atoms with E-state index in [-0.39, 0.29) is 11.6 Å². The Morgan fingerprint density at radius 3 is 2.33 bits per heavy atom. The van der Waals surface area contributed by atoms with Gasteiger partial charge in [-0.3, -0.25) is 0 Å². The van der Waals surface area contributed by atoms with Crippen molar-refractivity contribution in [2.75, 3.05) is 13.1 Å². The molecule has 3 heteroatoms. The van der Waals surface area contributed by atoms with Gasteiger partial charge in [0.1, 0.15) is 0 Å². The van der Waals surface area contributed by atoms with Crippen LogP contribution >= 0.6 is 0 Å². The molecule has 0 radical (unpaired) electrons. The first-order valence-electron chi connectivity index (χ1n) is 3.20. The highest BCUT2D eigenvalue weighted by Crippen LogP contribution is 1.84. The van der Waals surface area contributed by atoms with E-state index in [9.17, 15) is 0 Å². The van der Waals surface area contributed by atoms with Gasteiger partial charge in [0.2, 0.25) is 0 Å². The largest absolute Gasteiger partial charge is 0.412 e. The van der Waals surface area contributed by atoms with Crippen molar-refractivity contribution in [2.45, 2.75) is 26.4 Å². The van der Waals surface area contributed by atoms with E-state index >= 15 is 0 Å². The standard InChI is InChI=1S/C6H15NO.H2O/c1-3-6(8)5-7-4-2;/h6-8H,3-5H2,1-2H3;1H2. The van der Waals surface area contributed by atoms with Crippen molar-refractivity contribution in [2.24, 2.45) is 0 Å². The third-order valence-corrected chi connectivity index (χ3v) is 1.10. The summed E-state index contributed by atoms with van der Waals surface area (Å²) < 4.78 is 0. The molecule has 0 heterocycles. The van der Waals surface area contributed by atoms with Gasteiger partial charge in [-0.05, 0) is 13.0 Å². The number of rotatable bonds is 4. The number of aliphatic hydroxyl groups is 1. The lowest BCUT2D eigenvalue weighted by atomic mass is 10.3. The summed E-state index contributed by atoms with van der Waals surface area (Å²) in [6.45, 7) is 5.68. The molecule has 0 rings (SSSR count). The van der Waals surface area contributed by atoms with Crippen LogP contribution in [0.3, 0.4) is 0 Å². The fourth-order valence-electron chi connectivity index (χ4n) is 0.455. The van der Waals surface area contributed by atoms with Crippen molar-refractivity contribution in [1.29, 1.82) is 0 Å². The number of hydrogen-bond donors (Lipinski definition) is 2. The second-order valence-corrected chi connectivity index (χ2v) is 1.87. The fourth-order valence-corrected chi connectivity index (χ4v) is 0.455. The van der Waals surface area contributed by atoms with Crippen molar-refractivity contribution in [1.82, 2.24) is 5.32 Å². The summed E-state index contributed by atoms with van der Waals surface area (Å²) in [6, 6.07) is 0. The molecule has 0 amide bonds. The zero-order valence-corrected chi connectivity index (χ0v) is 6.15. The van der Waals surface area contributed by atoms with Gasteiger partial charge in [-0.25, -0.2) is 0 Å². The zero-order valence-electron chi connectivity index (χ0n) is 6.15. The second-order valence-electron chi connectivity index (χ2n) is 1.87. The van der Waals surface area contributed by atoms with Gasteiger partial charge in [0, 0.05) is 6.54 Å². The molecule has 58 valence electrons. The van der Waals surface area contributed by atoms with E-state index in [1.807, 2.05) is 13.8 Å². The molecule has 0 aliphatic carbocycles. The smallest absolute Gasteiger partial charge is 0.0662 e. The normalized spacial score (nSPS) is 12.3. The molecular weight excluding hydrogens is 118 g/mol. The van der Waals surface area contributed by atoms with Crippen LogP contribution in [0.25, 0.3) is 0 Å². The van der Waals surface area contributed by atoms with Gasteiger partial charge < -0.3 is 15.9 Å². The van der Waals surface area contributed by atoms with Crippen LogP contribution in [0.1, 0.15) is 20.3 Å². The van der Waals surface area contributed by atoms with E-state index in [0.717, 1.165) is 19.5 Å². The monoisotopic (exact) mass is 135 g/mol. The highest BCUT2D eigenvalue weighted by atomic mass is 16.3. The van der Waals surface area contributed by atoms with Gasteiger partial charge in [-0.1, -0.05) is 13.8 Å². The Bertz CT molecular complexity index is 50.3. The zero-order chi connectivity index (χ0) is 6.41. The van der Waals surface area contributed by atoms with Crippen LogP contribution in [0.2, 0.25) is 0 Å². The lowest BCUT2D eigenvalue weighted by molar-refractivity contribution is 0.168. The summed E-state index contributed by atoms with van der Waals surface area (Å²) in [5.74, 6) is 0. The topological polar surface area (TPSA) is 63.8 Å². The van der Waals surface area contributed by atoms with E-state index in [4.69, 9.17) is 5.11 Å². The quantitative estimate of drug-likeness (QED) is 0.548. The average Bonchev–Trinajstić information content (AvgIpc) is 1.83. The minimum absolute atomic E-state index is 0. The Morgan fingerprint density at radius 1 is 1.44 bits per heavy atom. The molecule has 3 nitrogen and oxygen atoms in total. The number of aliphatic hydroxyl groups excluding tert-OH is 1. The molecule has 0 saturated carbocycles. The SMILES string of the molecule is CCNCC(O)CC.O. The van der Waals surface area contributed by atoms with Crippen LogP contribution in [-0.2, 0) is 0 Å². The second kappa shape index (κ2) is 7.88. The minimum Gasteiger partial charge on any atom is -0.412 e. The molecule has 4 N–H and O–H groups in total. The van der Waals surface area contributed by atoms with Crippen molar-refractivity contribution in [3.8, 4) is 0 Å². The summed E-state index contributed by atoms with van der Waals surface area (Å²) in [5, 5.41) is 12.0. The minimum atomic E-state index is -0.157. The maximum absolute atomic E-state index is 8.93. The molecule has 0 saturated heterocycles. The summed E-state index contributed by atoms with van der Waals surface area (Å²) in [5.41, 5.74) is 0. The molecule has 0 aliphatic rings. The Labute approximate surface area is 56.4 Å². The van der Waals surface area contributed by atoms with Gasteiger partial charge in [-0.15, -0.1) is 0 Å². The molecule has 1 unspecified atom stereocenters. The van der Waals surface area contributed by atoms with Crippen LogP contribution in [0.15, 0.2) is 0 Å². The molecule has 0 aromatic rings. The predicted molar refractivity (Wildman–Crippen MR) is 38.5 cm³/mol. The lowest BCUT2D eigenvalue weighted by Crippen LogP contribution is -2.25. The van der Waals surface area contributed by atoms with E-state index in [0.29, 0.717) is 0 Å². The van der Waals surface area contributed by atoms with Crippen molar-refractivity contribution in [3.05, 3.63) is 0 Å². The molecule has 9 heavy (non-hydrogen) atoms. The van der Waals surface area contributed by atoms with Gasteiger partial charge in [0.25, 0.3) is 0 Å². The Morgan fingerprint density at radius 2 is 2.00 bits per heavy atom. The van der Waals surface area contributed by atoms with Crippen molar-refractivity contribution < 1.29 is 10.6 Å². The van der Waals surface area contributed by atoms with E-state index < -0.39 is 0 Å². The van der Waals surface area contributed by atoms with Crippen LogP contribution in [0.5, 0.6) is 0 Å². The van der Waals surface area contributed by atoms with Crippen molar-refractivity contribution in [3.63, 3.8) is 0 Å². The number of nitrogens with one attached hydrogen (secondary N) is 1. The first-order chi connectivity index (χ1) is 3.81. The van der Waals surface area contributed by atoms with Gasteiger partial charge in [0.15, 0.2) is 0 Å². The van der Waals surface area contributed by atoms with E-state index in [2.05, 4.69) is 5.32 Å². The van der Waals surface area contributed by atoms with Gasteiger partial charge in [0.05, 0.1) is 6.10 Å². The third-order valence-electron chi connectivity index (χ3n) is 1.10. The van der Waals surface area contributed by atoms with Crippen LogP contribution < -0.4 is 5.32 Å². The van der Waals surface area contributed by atoms with Gasteiger partial charge >= 0.3 is 0 Å². The van der Waals surface area contributed by atoms with E-state index in [1.165, 1.54) is 0 Å². The highest BCUT2D eigenvalue weighted by Gasteiger charge is 1.95. The van der Waals surface area contributed by atoms with E-state index in [1.54, 1.807) is 0 Å². The van der Waals surface area contributed by atoms with Gasteiger partial charge in [-0.2, -0.15) is 0 Å². The third kappa shape index (κ3) is 7.88. The Balaban J connectivity index is 0. The summed E-state index contributed by atoms with van der Waals surface area (Å²) >= 11 is 0. The van der Waals surface area contributed by atoms with Crippen LogP contribution in [0.4, 0.5) is 0 Å². The average molecular weight is 135 g/mol. The molecular formula is C6H17NO2. The Hall–Kier alpha value is -0.120. The number of likely N-dealkylation sites (N-methyl/N-ethyl adjacent to an activating group) is 1. The first kappa shape index (κ1) is 11.6. The maximum Gasteiger partial charge on any atom is 0.0662 e. The van der Waals surface area contributed by atoms with Crippen molar-refractivity contribution >= 4 is 0 Å². The molecule has 0 aliphatic heterocycles. The Kier molecular flexibility index (Phi) is 10.2. The lowest BCUT2D eigenvalue weighted by Gasteiger charge is -2.05. The number of hydrogen-bond acceptors (Lipinski definition) is 2. The molecule has 1 atom stereocenters. The van der Waals surface area contributed by atoms with Crippen LogP contribution in [0, 0.1) is 0 Å². The molecule has 0 aromatic carbocycles. The molecule has 0 fully saturated rings.